The molecule has 0 amide bonds. The second-order valence-corrected chi connectivity index (χ2v) is 7.95. The number of aliphatic hydroxyl groups excluding tert-OH is 1. The van der Waals surface area contributed by atoms with Gasteiger partial charge in [0.15, 0.2) is 0 Å². The lowest BCUT2D eigenvalue weighted by molar-refractivity contribution is 0.0233. The monoisotopic (exact) mass is 384 g/mol. The Kier molecular flexibility index (Phi) is 9.48. The van der Waals surface area contributed by atoms with Gasteiger partial charge in [0.2, 0.25) is 0 Å². The van der Waals surface area contributed by atoms with Gasteiger partial charge in [-0.3, -0.25) is 4.90 Å². The minimum absolute atomic E-state index is 0.342. The standard InChI is InChI=1S/C24H36N2O2/c1-5-15-28-19-24(27)18-25(14-12-20(2)3)17-23-11-8-13-26(23)16-22-10-7-6-9-21(22)4/h5-11,13,20,24,27H,1,12,14-19H2,2-4H3/t24-/m0/s1. The first-order valence-electron chi connectivity index (χ1n) is 10.3. The fourth-order valence-corrected chi connectivity index (χ4v) is 3.26. The van der Waals surface area contributed by atoms with Crippen molar-refractivity contribution in [1.29, 1.82) is 0 Å². The first-order chi connectivity index (χ1) is 13.5. The molecule has 1 aromatic heterocycles. The molecule has 1 aromatic carbocycles. The van der Waals surface area contributed by atoms with E-state index in [4.69, 9.17) is 4.74 Å². The first kappa shape index (κ1) is 22.4. The van der Waals surface area contributed by atoms with Crippen LogP contribution in [0.25, 0.3) is 0 Å². The second-order valence-electron chi connectivity index (χ2n) is 7.95. The molecule has 4 heteroatoms. The number of aromatic nitrogens is 1. The first-order valence-corrected chi connectivity index (χ1v) is 10.3. The highest BCUT2D eigenvalue weighted by Gasteiger charge is 2.15. The van der Waals surface area contributed by atoms with Crippen LogP contribution in [-0.4, -0.2) is 47.0 Å². The molecule has 28 heavy (non-hydrogen) atoms. The fraction of sp³-hybridized carbons (Fsp3) is 0.500. The van der Waals surface area contributed by atoms with Crippen molar-refractivity contribution in [2.45, 2.75) is 46.4 Å². The Morgan fingerprint density at radius 1 is 1.21 bits per heavy atom. The lowest BCUT2D eigenvalue weighted by Crippen LogP contribution is -2.36. The largest absolute Gasteiger partial charge is 0.389 e. The zero-order valence-electron chi connectivity index (χ0n) is 17.7. The highest BCUT2D eigenvalue weighted by atomic mass is 16.5. The maximum atomic E-state index is 10.4. The molecular formula is C24H36N2O2. The molecular weight excluding hydrogens is 348 g/mol. The highest BCUT2D eigenvalue weighted by Crippen LogP contribution is 2.15. The van der Waals surface area contributed by atoms with Crippen LogP contribution < -0.4 is 0 Å². The van der Waals surface area contributed by atoms with Crippen molar-refractivity contribution in [3.8, 4) is 0 Å². The number of nitrogens with zero attached hydrogens (tertiary/aromatic N) is 2. The van der Waals surface area contributed by atoms with Crippen LogP contribution in [0.4, 0.5) is 0 Å². The van der Waals surface area contributed by atoms with Gasteiger partial charge >= 0.3 is 0 Å². The predicted molar refractivity (Wildman–Crippen MR) is 116 cm³/mol. The van der Waals surface area contributed by atoms with E-state index in [0.717, 1.165) is 26.1 Å². The van der Waals surface area contributed by atoms with E-state index < -0.39 is 6.10 Å². The molecule has 0 radical (unpaired) electrons. The zero-order chi connectivity index (χ0) is 20.4. The number of aryl methyl sites for hydroxylation is 1. The number of aliphatic hydroxyl groups is 1. The van der Waals surface area contributed by atoms with E-state index in [1.807, 2.05) is 0 Å². The topological polar surface area (TPSA) is 37.6 Å². The lowest BCUT2D eigenvalue weighted by atomic mass is 10.1. The summed E-state index contributed by atoms with van der Waals surface area (Å²) in [5.41, 5.74) is 3.92. The summed E-state index contributed by atoms with van der Waals surface area (Å²) in [7, 11) is 0. The van der Waals surface area contributed by atoms with Crippen molar-refractivity contribution in [3.05, 3.63) is 72.1 Å². The molecule has 1 N–H and O–H groups in total. The summed E-state index contributed by atoms with van der Waals surface area (Å²) in [5, 5.41) is 10.4. The third kappa shape index (κ3) is 7.63. The molecule has 1 heterocycles. The predicted octanol–water partition coefficient (Wildman–Crippen LogP) is 4.26. The number of ether oxygens (including phenoxy) is 1. The maximum absolute atomic E-state index is 10.4. The zero-order valence-corrected chi connectivity index (χ0v) is 17.7. The number of hydrogen-bond donors (Lipinski definition) is 1. The van der Waals surface area contributed by atoms with Crippen LogP contribution >= 0.6 is 0 Å². The van der Waals surface area contributed by atoms with Gasteiger partial charge in [-0.2, -0.15) is 0 Å². The normalized spacial score (nSPS) is 12.6. The van der Waals surface area contributed by atoms with Gasteiger partial charge in [0.25, 0.3) is 0 Å². The van der Waals surface area contributed by atoms with Crippen LogP contribution in [0, 0.1) is 12.8 Å². The minimum atomic E-state index is -0.494. The lowest BCUT2D eigenvalue weighted by Gasteiger charge is -2.26. The molecule has 154 valence electrons. The maximum Gasteiger partial charge on any atom is 0.0900 e. The van der Waals surface area contributed by atoms with Gasteiger partial charge in [-0.15, -0.1) is 6.58 Å². The third-order valence-electron chi connectivity index (χ3n) is 4.95. The quantitative estimate of drug-likeness (QED) is 0.414. The van der Waals surface area contributed by atoms with E-state index in [2.05, 4.69) is 79.4 Å². The van der Waals surface area contributed by atoms with Gasteiger partial charge < -0.3 is 14.4 Å². The molecule has 0 saturated heterocycles. The number of rotatable bonds is 13. The Bertz CT molecular complexity index is 708. The average molecular weight is 385 g/mol. The van der Waals surface area contributed by atoms with Crippen molar-refractivity contribution in [1.82, 2.24) is 9.47 Å². The van der Waals surface area contributed by atoms with Crippen LogP contribution in [0.15, 0.2) is 55.3 Å². The van der Waals surface area contributed by atoms with Crippen molar-refractivity contribution in [2.24, 2.45) is 5.92 Å². The van der Waals surface area contributed by atoms with E-state index in [-0.39, 0.29) is 0 Å². The van der Waals surface area contributed by atoms with Gasteiger partial charge in [-0.25, -0.2) is 0 Å². The molecule has 0 bridgehead atoms. The van der Waals surface area contributed by atoms with Crippen LogP contribution in [0.2, 0.25) is 0 Å². The smallest absolute Gasteiger partial charge is 0.0900 e. The minimum Gasteiger partial charge on any atom is -0.389 e. The molecule has 1 atom stereocenters. The van der Waals surface area contributed by atoms with Crippen LogP contribution in [-0.2, 0) is 17.8 Å². The van der Waals surface area contributed by atoms with Gasteiger partial charge in [0.1, 0.15) is 0 Å². The molecule has 0 spiro atoms. The van der Waals surface area contributed by atoms with Crippen molar-refractivity contribution < 1.29 is 9.84 Å². The Labute approximate surface area is 170 Å². The van der Waals surface area contributed by atoms with E-state index in [9.17, 15) is 5.11 Å². The molecule has 0 aliphatic carbocycles. The molecule has 2 aromatic rings. The van der Waals surface area contributed by atoms with Crippen molar-refractivity contribution >= 4 is 0 Å². The van der Waals surface area contributed by atoms with Gasteiger partial charge in [-0.1, -0.05) is 44.2 Å². The Balaban J connectivity index is 2.03. The van der Waals surface area contributed by atoms with Crippen LogP contribution in [0.1, 0.15) is 37.1 Å². The molecule has 0 aliphatic heterocycles. The molecule has 0 aliphatic rings. The summed E-state index contributed by atoms with van der Waals surface area (Å²) in [6, 6.07) is 12.8. The Morgan fingerprint density at radius 2 is 2.00 bits per heavy atom. The third-order valence-corrected chi connectivity index (χ3v) is 4.95. The number of benzene rings is 1. The summed E-state index contributed by atoms with van der Waals surface area (Å²) < 4.78 is 7.73. The Morgan fingerprint density at radius 3 is 2.71 bits per heavy atom. The summed E-state index contributed by atoms with van der Waals surface area (Å²) in [5.74, 6) is 0.635. The summed E-state index contributed by atoms with van der Waals surface area (Å²) in [6.45, 7) is 14.4. The van der Waals surface area contributed by atoms with E-state index in [1.54, 1.807) is 6.08 Å². The fourth-order valence-electron chi connectivity index (χ4n) is 3.26. The van der Waals surface area contributed by atoms with E-state index in [1.165, 1.54) is 16.8 Å². The SMILES string of the molecule is C=CCOC[C@@H](O)CN(CCC(C)C)Cc1cccn1Cc1ccccc1C. The van der Waals surface area contributed by atoms with Crippen molar-refractivity contribution in [2.75, 3.05) is 26.3 Å². The van der Waals surface area contributed by atoms with E-state index in [0.29, 0.717) is 25.7 Å². The summed E-state index contributed by atoms with van der Waals surface area (Å²) >= 11 is 0. The van der Waals surface area contributed by atoms with Gasteiger partial charge in [0, 0.05) is 31.5 Å². The summed E-state index contributed by atoms with van der Waals surface area (Å²) in [4.78, 5) is 2.34. The molecule has 0 unspecified atom stereocenters. The van der Waals surface area contributed by atoms with Gasteiger partial charge in [-0.05, 0) is 49.1 Å². The van der Waals surface area contributed by atoms with Crippen LogP contribution in [0.5, 0.6) is 0 Å². The van der Waals surface area contributed by atoms with E-state index >= 15 is 0 Å². The van der Waals surface area contributed by atoms with Gasteiger partial charge in [0.05, 0.1) is 19.3 Å². The highest BCUT2D eigenvalue weighted by molar-refractivity contribution is 5.26. The summed E-state index contributed by atoms with van der Waals surface area (Å²) in [6.07, 6.45) is 4.47. The van der Waals surface area contributed by atoms with Crippen molar-refractivity contribution in [3.63, 3.8) is 0 Å². The molecule has 0 fully saturated rings. The molecule has 4 nitrogen and oxygen atoms in total. The Hall–Kier alpha value is -1.88. The molecule has 0 saturated carbocycles. The second kappa shape index (κ2) is 11.8. The average Bonchev–Trinajstić information content (AvgIpc) is 3.08. The molecule has 2 rings (SSSR count). The van der Waals surface area contributed by atoms with Crippen LogP contribution in [0.3, 0.4) is 0 Å². The number of hydrogen-bond acceptors (Lipinski definition) is 3.